The molecule has 5 nitrogen and oxygen atoms in total. The first-order valence-corrected chi connectivity index (χ1v) is 9.52. The van der Waals surface area contributed by atoms with Crippen LogP contribution in [0.2, 0.25) is 0 Å². The number of hydrogen-bond donors (Lipinski definition) is 1. The molecule has 24 heavy (non-hydrogen) atoms. The van der Waals surface area contributed by atoms with E-state index in [1.165, 1.54) is 32.1 Å². The Bertz CT molecular complexity index is 438. The average molecular weight is 338 g/mol. The van der Waals surface area contributed by atoms with Crippen molar-refractivity contribution in [2.24, 2.45) is 11.8 Å². The number of nitrogens with zero attached hydrogens (tertiary/aromatic N) is 1. The smallest absolute Gasteiger partial charge is 0.407 e. The van der Waals surface area contributed by atoms with Crippen molar-refractivity contribution in [3.8, 4) is 0 Å². The molecule has 0 aromatic rings. The second kappa shape index (κ2) is 8.21. The molecule has 2 unspecified atom stereocenters. The molecule has 1 N–H and O–H groups in total. The topological polar surface area (TPSA) is 58.6 Å². The zero-order valence-corrected chi connectivity index (χ0v) is 15.8. The molecule has 2 atom stereocenters. The molecule has 1 heterocycles. The molecule has 1 aliphatic heterocycles. The maximum atomic E-state index is 12.5. The van der Waals surface area contributed by atoms with Gasteiger partial charge in [0.2, 0.25) is 5.91 Å². The summed E-state index contributed by atoms with van der Waals surface area (Å²) in [5.74, 6) is 1.13. The molecule has 0 aromatic heterocycles. The Morgan fingerprint density at radius 2 is 1.79 bits per heavy atom. The maximum Gasteiger partial charge on any atom is 0.407 e. The molecule has 1 saturated carbocycles. The number of rotatable bonds is 3. The van der Waals surface area contributed by atoms with Crippen LogP contribution in [0.5, 0.6) is 0 Å². The van der Waals surface area contributed by atoms with E-state index < -0.39 is 5.60 Å². The number of likely N-dealkylation sites (tertiary alicyclic amines) is 1. The molecule has 138 valence electrons. The summed E-state index contributed by atoms with van der Waals surface area (Å²) >= 11 is 0. The molecule has 0 radical (unpaired) electrons. The molecule has 2 fully saturated rings. The van der Waals surface area contributed by atoms with Crippen LogP contribution in [0, 0.1) is 11.8 Å². The molecule has 0 spiro atoms. The predicted octanol–water partition coefficient (Wildman–Crippen LogP) is 3.72. The third-order valence-corrected chi connectivity index (χ3v) is 5.15. The lowest BCUT2D eigenvalue weighted by Crippen LogP contribution is -2.52. The quantitative estimate of drug-likeness (QED) is 0.853. The monoisotopic (exact) mass is 338 g/mol. The van der Waals surface area contributed by atoms with Gasteiger partial charge < -0.3 is 15.0 Å². The molecule has 0 bridgehead atoms. The Balaban J connectivity index is 1.77. The number of alkyl carbamates (subject to hydrolysis) is 1. The largest absolute Gasteiger partial charge is 0.444 e. The summed E-state index contributed by atoms with van der Waals surface area (Å²) in [6.07, 6.45) is 7.43. The van der Waals surface area contributed by atoms with Gasteiger partial charge in [0.15, 0.2) is 0 Å². The van der Waals surface area contributed by atoms with E-state index in [0.29, 0.717) is 18.2 Å². The minimum atomic E-state index is -0.482. The van der Waals surface area contributed by atoms with Crippen LogP contribution >= 0.6 is 0 Å². The van der Waals surface area contributed by atoms with Crippen molar-refractivity contribution in [3.63, 3.8) is 0 Å². The van der Waals surface area contributed by atoms with Crippen molar-refractivity contribution in [1.29, 1.82) is 0 Å². The van der Waals surface area contributed by atoms with E-state index in [0.717, 1.165) is 19.5 Å². The van der Waals surface area contributed by atoms with Crippen LogP contribution in [-0.2, 0) is 9.53 Å². The first kappa shape index (κ1) is 19.1. The van der Waals surface area contributed by atoms with Crippen molar-refractivity contribution >= 4 is 12.0 Å². The molecule has 1 saturated heterocycles. The summed E-state index contributed by atoms with van der Waals surface area (Å²) in [5, 5.41) is 2.97. The lowest BCUT2D eigenvalue weighted by Gasteiger charge is -2.38. The van der Waals surface area contributed by atoms with E-state index in [-0.39, 0.29) is 18.1 Å². The van der Waals surface area contributed by atoms with Gasteiger partial charge in [-0.3, -0.25) is 4.79 Å². The van der Waals surface area contributed by atoms with Crippen molar-refractivity contribution in [2.45, 2.75) is 84.3 Å². The molecular weight excluding hydrogens is 304 g/mol. The molecule has 2 aliphatic rings. The van der Waals surface area contributed by atoms with E-state index in [9.17, 15) is 9.59 Å². The first-order chi connectivity index (χ1) is 11.2. The lowest BCUT2D eigenvalue weighted by molar-refractivity contribution is -0.134. The van der Waals surface area contributed by atoms with E-state index >= 15 is 0 Å². The van der Waals surface area contributed by atoms with Crippen LogP contribution in [0.25, 0.3) is 0 Å². The number of nitrogens with one attached hydrogen (secondary N) is 1. The highest BCUT2D eigenvalue weighted by atomic mass is 16.6. The number of ether oxygens (including phenoxy) is 1. The van der Waals surface area contributed by atoms with Crippen LogP contribution in [0.1, 0.15) is 72.6 Å². The fourth-order valence-corrected chi connectivity index (χ4v) is 3.81. The second-order valence-corrected chi connectivity index (χ2v) is 8.57. The standard InChI is InChI=1S/C19H34N2O3/c1-14-13-21(17(22)12-15-8-6-5-7-9-15)11-10-16(14)20-18(23)24-19(2,3)4/h14-16H,5-13H2,1-4H3,(H,20,23). The van der Waals surface area contributed by atoms with Crippen molar-refractivity contribution in [3.05, 3.63) is 0 Å². The van der Waals surface area contributed by atoms with Crippen LogP contribution in [0.3, 0.4) is 0 Å². The fraction of sp³-hybridized carbons (Fsp3) is 0.895. The average Bonchev–Trinajstić information content (AvgIpc) is 2.48. The number of carbonyl (C=O) groups is 2. The van der Waals surface area contributed by atoms with Crippen LogP contribution in [0.4, 0.5) is 4.79 Å². The lowest BCUT2D eigenvalue weighted by atomic mass is 9.86. The van der Waals surface area contributed by atoms with Gasteiger partial charge in [-0.1, -0.05) is 26.2 Å². The highest BCUT2D eigenvalue weighted by molar-refractivity contribution is 5.76. The summed E-state index contributed by atoms with van der Waals surface area (Å²) in [6, 6.07) is 0.0820. The Morgan fingerprint density at radius 3 is 2.38 bits per heavy atom. The van der Waals surface area contributed by atoms with Crippen molar-refractivity contribution in [1.82, 2.24) is 10.2 Å². The third kappa shape index (κ3) is 5.99. The number of piperidine rings is 1. The molecule has 0 aromatic carbocycles. The summed E-state index contributed by atoms with van der Waals surface area (Å²) < 4.78 is 5.33. The van der Waals surface area contributed by atoms with Gasteiger partial charge in [0.1, 0.15) is 5.60 Å². The number of amides is 2. The third-order valence-electron chi connectivity index (χ3n) is 5.15. The van der Waals surface area contributed by atoms with Crippen molar-refractivity contribution in [2.75, 3.05) is 13.1 Å². The summed E-state index contributed by atoms with van der Waals surface area (Å²) in [4.78, 5) is 26.5. The van der Waals surface area contributed by atoms with Gasteiger partial charge >= 0.3 is 6.09 Å². The molecular formula is C19H34N2O3. The van der Waals surface area contributed by atoms with E-state index in [2.05, 4.69) is 12.2 Å². The van der Waals surface area contributed by atoms with Gasteiger partial charge in [-0.25, -0.2) is 4.79 Å². The zero-order valence-electron chi connectivity index (χ0n) is 15.8. The minimum absolute atomic E-state index is 0.0820. The minimum Gasteiger partial charge on any atom is -0.444 e. The Hall–Kier alpha value is -1.26. The Labute approximate surface area is 146 Å². The summed E-state index contributed by atoms with van der Waals surface area (Å²) in [7, 11) is 0. The molecule has 2 amide bonds. The van der Waals surface area contributed by atoms with E-state index in [4.69, 9.17) is 4.74 Å². The molecule has 5 heteroatoms. The maximum absolute atomic E-state index is 12.5. The van der Waals surface area contributed by atoms with Gasteiger partial charge in [-0.15, -0.1) is 0 Å². The number of hydrogen-bond acceptors (Lipinski definition) is 3. The molecule has 1 aliphatic carbocycles. The first-order valence-electron chi connectivity index (χ1n) is 9.52. The number of carbonyl (C=O) groups excluding carboxylic acids is 2. The Morgan fingerprint density at radius 1 is 1.12 bits per heavy atom. The second-order valence-electron chi connectivity index (χ2n) is 8.57. The highest BCUT2D eigenvalue weighted by Crippen LogP contribution is 2.28. The van der Waals surface area contributed by atoms with Gasteiger partial charge in [0.25, 0.3) is 0 Å². The van der Waals surface area contributed by atoms with Gasteiger partial charge in [-0.2, -0.15) is 0 Å². The fourth-order valence-electron chi connectivity index (χ4n) is 3.81. The highest BCUT2D eigenvalue weighted by Gasteiger charge is 2.31. The SMILES string of the molecule is CC1CN(C(=O)CC2CCCCC2)CCC1NC(=O)OC(C)(C)C. The van der Waals surface area contributed by atoms with Crippen LogP contribution in [0.15, 0.2) is 0 Å². The summed E-state index contributed by atoms with van der Waals surface area (Å²) in [6.45, 7) is 9.15. The molecule has 2 rings (SSSR count). The van der Waals surface area contributed by atoms with Gasteiger partial charge in [-0.05, 0) is 51.9 Å². The van der Waals surface area contributed by atoms with Crippen LogP contribution < -0.4 is 5.32 Å². The van der Waals surface area contributed by atoms with E-state index in [1.807, 2.05) is 25.7 Å². The zero-order chi connectivity index (χ0) is 17.7. The normalized spacial score (nSPS) is 26.1. The summed E-state index contributed by atoms with van der Waals surface area (Å²) in [5.41, 5.74) is -0.482. The predicted molar refractivity (Wildman–Crippen MR) is 94.7 cm³/mol. The van der Waals surface area contributed by atoms with Crippen LogP contribution in [-0.4, -0.2) is 41.6 Å². The van der Waals surface area contributed by atoms with E-state index in [1.54, 1.807) is 0 Å². The van der Waals surface area contributed by atoms with Gasteiger partial charge in [0.05, 0.1) is 0 Å². The van der Waals surface area contributed by atoms with Crippen molar-refractivity contribution < 1.29 is 14.3 Å². The Kier molecular flexibility index (Phi) is 6.53. The van der Waals surface area contributed by atoms with Gasteiger partial charge in [0, 0.05) is 25.6 Å².